The second kappa shape index (κ2) is 19.1. The van der Waals surface area contributed by atoms with Gasteiger partial charge < -0.3 is 34.4 Å². The van der Waals surface area contributed by atoms with Crippen LogP contribution in [-0.2, 0) is 47.8 Å². The molecule has 286 valence electrons. The van der Waals surface area contributed by atoms with Crippen molar-refractivity contribution >= 4 is 36.4 Å². The summed E-state index contributed by atoms with van der Waals surface area (Å²) in [6, 6.07) is 15.8. The summed E-state index contributed by atoms with van der Waals surface area (Å²) in [5, 5.41) is 6.27. The molecule has 1 fully saturated rings. The number of nitrogens with zero attached hydrogens (tertiary/aromatic N) is 4. The van der Waals surface area contributed by atoms with Gasteiger partial charge in [-0.1, -0.05) is 42.5 Å². The first-order valence-corrected chi connectivity index (χ1v) is 20.2. The Morgan fingerprint density at radius 2 is 1.70 bits per heavy atom. The van der Waals surface area contributed by atoms with Gasteiger partial charge in [-0.3, -0.25) is 14.2 Å². The van der Waals surface area contributed by atoms with Crippen LogP contribution < -0.4 is 20.7 Å². The van der Waals surface area contributed by atoms with Gasteiger partial charge in [0.1, 0.15) is 42.1 Å². The molecule has 0 bridgehead atoms. The number of nitrogens with one attached hydrogen (secondary N) is 2. The number of aromatic nitrogens is 4. The van der Waals surface area contributed by atoms with Gasteiger partial charge in [0, 0.05) is 0 Å². The summed E-state index contributed by atoms with van der Waals surface area (Å²) in [5.74, 6) is -0.244. The molecule has 2 heterocycles. The summed E-state index contributed by atoms with van der Waals surface area (Å²) in [7, 11) is -3.84. The number of carbonyl (C=O) groups is 2. The van der Waals surface area contributed by atoms with Crippen molar-refractivity contribution in [2.75, 3.05) is 18.6 Å². The summed E-state index contributed by atoms with van der Waals surface area (Å²) in [6.45, 7) is 7.85. The highest BCUT2D eigenvalue weighted by atomic mass is 31.2. The van der Waals surface area contributed by atoms with Gasteiger partial charge in [0.05, 0.1) is 25.1 Å². The Bertz CT molecular complexity index is 1820. The fourth-order valence-corrected chi connectivity index (χ4v) is 7.95. The molecular weight excluding hydrogens is 697 g/mol. The standard InChI is InChI=1S/C38H52N7O7P/c1-26(2)50-37(46)28(4)44-53(48,25-49-27(3)22-45-24-43-34-35(39)41-23-42-36(34)45)52-32-18-16-30(17-19-32)21-33(38(47)51-31-14-8-9-15-31)40-20-10-13-29-11-6-5-7-12-29/h5-7,11-12,16-19,23-24,26-28,31,33,40H,8-10,13-15,20-22,25H2,1-4H3,(H,44,48)(H2,39,41,42)/t27-,28+,33+,53+/m1/s1. The topological polar surface area (TPSA) is 182 Å². The first-order valence-electron chi connectivity index (χ1n) is 18.3. The van der Waals surface area contributed by atoms with Gasteiger partial charge >= 0.3 is 19.5 Å². The molecule has 15 heteroatoms. The van der Waals surface area contributed by atoms with Crippen molar-refractivity contribution in [3.05, 3.63) is 78.4 Å². The minimum Gasteiger partial charge on any atom is -0.462 e. The van der Waals surface area contributed by atoms with E-state index in [1.807, 2.05) is 37.3 Å². The first-order chi connectivity index (χ1) is 25.5. The van der Waals surface area contributed by atoms with Gasteiger partial charge in [-0.25, -0.2) is 20.0 Å². The van der Waals surface area contributed by atoms with E-state index < -0.39 is 31.7 Å². The molecule has 0 spiro atoms. The molecule has 0 amide bonds. The van der Waals surface area contributed by atoms with E-state index >= 15 is 0 Å². The molecule has 0 saturated heterocycles. The Hall–Kier alpha value is -4.36. The number of nitrogen functional groups attached to an aromatic ring is 1. The van der Waals surface area contributed by atoms with Crippen molar-refractivity contribution in [3.63, 3.8) is 0 Å². The summed E-state index contributed by atoms with van der Waals surface area (Å²) < 4.78 is 39.4. The summed E-state index contributed by atoms with van der Waals surface area (Å²) >= 11 is 0. The molecule has 14 nitrogen and oxygen atoms in total. The van der Waals surface area contributed by atoms with Crippen LogP contribution in [0.15, 0.2) is 67.3 Å². The van der Waals surface area contributed by atoms with Crippen LogP contribution in [0.3, 0.4) is 0 Å². The van der Waals surface area contributed by atoms with Crippen LogP contribution in [0.2, 0.25) is 0 Å². The molecule has 5 rings (SSSR count). The highest BCUT2D eigenvalue weighted by Crippen LogP contribution is 2.44. The SMILES string of the molecule is CC(C)OC(=O)[C@H](C)N[P@](=O)(CO[C@H](C)Cn1cnc2c(N)ncnc21)Oc1ccc(C[C@H](NCCCc2ccccc2)C(=O)OC2CCCC2)cc1. The Balaban J connectivity index is 1.24. The maximum atomic E-state index is 14.3. The molecule has 4 N–H and O–H groups in total. The molecule has 1 aliphatic carbocycles. The molecule has 2 aromatic heterocycles. The number of ether oxygens (including phenoxy) is 3. The van der Waals surface area contributed by atoms with E-state index in [0.29, 0.717) is 36.4 Å². The number of imidazole rings is 1. The van der Waals surface area contributed by atoms with Crippen molar-refractivity contribution in [3.8, 4) is 5.75 Å². The van der Waals surface area contributed by atoms with E-state index in [9.17, 15) is 14.2 Å². The summed E-state index contributed by atoms with van der Waals surface area (Å²) in [6.07, 6.45) is 7.88. The van der Waals surface area contributed by atoms with Crippen LogP contribution in [0.4, 0.5) is 5.82 Å². The predicted molar refractivity (Wildman–Crippen MR) is 202 cm³/mol. The van der Waals surface area contributed by atoms with Crippen LogP contribution in [0.5, 0.6) is 5.75 Å². The normalized spacial score (nSPS) is 16.2. The lowest BCUT2D eigenvalue weighted by Gasteiger charge is -2.25. The van der Waals surface area contributed by atoms with E-state index in [1.165, 1.54) is 11.9 Å². The van der Waals surface area contributed by atoms with E-state index in [1.54, 1.807) is 43.8 Å². The first kappa shape index (κ1) is 39.8. The van der Waals surface area contributed by atoms with Gasteiger partial charge in [0.2, 0.25) is 0 Å². The molecule has 0 aliphatic heterocycles. The number of nitrogens with two attached hydrogens (primary N) is 1. The Labute approximate surface area is 311 Å². The Morgan fingerprint density at radius 1 is 0.962 bits per heavy atom. The lowest BCUT2D eigenvalue weighted by atomic mass is 10.0. The number of anilines is 1. The maximum absolute atomic E-state index is 14.3. The predicted octanol–water partition coefficient (Wildman–Crippen LogP) is 5.59. The zero-order valence-corrected chi connectivity index (χ0v) is 31.9. The maximum Gasteiger partial charge on any atom is 0.342 e. The largest absolute Gasteiger partial charge is 0.462 e. The molecule has 0 unspecified atom stereocenters. The summed E-state index contributed by atoms with van der Waals surface area (Å²) in [4.78, 5) is 38.5. The minimum absolute atomic E-state index is 0.0363. The Kier molecular flexibility index (Phi) is 14.4. The zero-order chi connectivity index (χ0) is 37.8. The number of hydrogen-bond donors (Lipinski definition) is 3. The lowest BCUT2D eigenvalue weighted by Crippen LogP contribution is -2.41. The number of aryl methyl sites for hydroxylation is 1. The molecule has 1 saturated carbocycles. The fraction of sp³-hybridized carbons (Fsp3) is 0.500. The number of esters is 2. The molecule has 4 atom stereocenters. The average Bonchev–Trinajstić information content (AvgIpc) is 3.80. The van der Waals surface area contributed by atoms with Gasteiger partial charge in [-0.15, -0.1) is 0 Å². The van der Waals surface area contributed by atoms with Crippen LogP contribution in [0.1, 0.15) is 70.9 Å². The molecule has 4 aromatic rings. The monoisotopic (exact) mass is 749 g/mol. The highest BCUT2D eigenvalue weighted by molar-refractivity contribution is 7.57. The van der Waals surface area contributed by atoms with E-state index in [2.05, 4.69) is 37.5 Å². The van der Waals surface area contributed by atoms with Gasteiger partial charge in [0.25, 0.3) is 0 Å². The van der Waals surface area contributed by atoms with Gasteiger partial charge in [0.15, 0.2) is 11.5 Å². The Morgan fingerprint density at radius 3 is 2.42 bits per heavy atom. The third kappa shape index (κ3) is 12.1. The minimum atomic E-state index is -3.84. The fourth-order valence-electron chi connectivity index (χ4n) is 6.16. The molecule has 1 aliphatic rings. The van der Waals surface area contributed by atoms with Crippen LogP contribution >= 0.6 is 7.52 Å². The number of fused-ring (bicyclic) bond motifs is 1. The molecular formula is C38H52N7O7P. The van der Waals surface area contributed by atoms with E-state index in [-0.39, 0.29) is 30.3 Å². The van der Waals surface area contributed by atoms with E-state index in [4.69, 9.17) is 24.5 Å². The number of hydrogen-bond acceptors (Lipinski definition) is 12. The second-order valence-corrected chi connectivity index (χ2v) is 15.9. The van der Waals surface area contributed by atoms with Crippen molar-refractivity contribution in [2.45, 2.75) is 110 Å². The van der Waals surface area contributed by atoms with Crippen LogP contribution in [-0.4, -0.2) is 74.7 Å². The second-order valence-electron chi connectivity index (χ2n) is 13.8. The third-order valence-electron chi connectivity index (χ3n) is 8.87. The number of benzene rings is 2. The molecule has 2 aromatic carbocycles. The quantitative estimate of drug-likeness (QED) is 0.0578. The smallest absolute Gasteiger partial charge is 0.342 e. The van der Waals surface area contributed by atoms with Gasteiger partial charge in [-0.05, 0) is 102 Å². The number of rotatable bonds is 20. The van der Waals surface area contributed by atoms with E-state index in [0.717, 1.165) is 44.1 Å². The van der Waals surface area contributed by atoms with Crippen LogP contribution in [0.25, 0.3) is 11.2 Å². The van der Waals surface area contributed by atoms with Gasteiger partial charge in [-0.2, -0.15) is 0 Å². The molecule has 53 heavy (non-hydrogen) atoms. The molecule has 0 radical (unpaired) electrons. The van der Waals surface area contributed by atoms with Crippen molar-refractivity contribution < 1.29 is 32.9 Å². The highest BCUT2D eigenvalue weighted by Gasteiger charge is 2.32. The third-order valence-corrected chi connectivity index (χ3v) is 10.6. The summed E-state index contributed by atoms with van der Waals surface area (Å²) in [5.41, 5.74) is 9.08. The lowest BCUT2D eigenvalue weighted by molar-refractivity contribution is -0.151. The van der Waals surface area contributed by atoms with Crippen LogP contribution in [0, 0.1) is 0 Å². The number of carbonyl (C=O) groups excluding carboxylic acids is 2. The zero-order valence-electron chi connectivity index (χ0n) is 31.0. The average molecular weight is 750 g/mol. The van der Waals surface area contributed by atoms with Crippen molar-refractivity contribution in [1.29, 1.82) is 0 Å². The van der Waals surface area contributed by atoms with Crippen molar-refractivity contribution in [2.24, 2.45) is 0 Å². The van der Waals surface area contributed by atoms with Crippen molar-refractivity contribution in [1.82, 2.24) is 29.9 Å².